The number of benzene rings is 3. The van der Waals surface area contributed by atoms with E-state index in [1.54, 1.807) is 30.3 Å². The fourth-order valence-electron chi connectivity index (χ4n) is 4.45. The zero-order valence-electron chi connectivity index (χ0n) is 21.4. The molecule has 3 aromatic rings. The van der Waals surface area contributed by atoms with Crippen LogP contribution in [0.2, 0.25) is 0 Å². The lowest BCUT2D eigenvalue weighted by Crippen LogP contribution is -2.41. The summed E-state index contributed by atoms with van der Waals surface area (Å²) in [4.78, 5) is 15.4. The van der Waals surface area contributed by atoms with Gasteiger partial charge in [0.2, 0.25) is 5.91 Å². The maximum atomic E-state index is 13.7. The normalized spacial score (nSPS) is 12.7. The number of aryl methyl sites for hydroxylation is 1. The van der Waals surface area contributed by atoms with Gasteiger partial charge in [-0.25, -0.2) is 8.42 Å². The molecule has 0 atom stereocenters. The van der Waals surface area contributed by atoms with Crippen LogP contribution in [0.1, 0.15) is 17.5 Å². The monoisotopic (exact) mass is 523 g/mol. The summed E-state index contributed by atoms with van der Waals surface area (Å²) in [7, 11) is -1.12. The SMILES string of the molecule is COc1ccc(OC)c(N(CC(=O)NCCCN2CCc3ccccc32)S(=O)(=O)c2ccc(C)cc2)c1. The summed E-state index contributed by atoms with van der Waals surface area (Å²) in [5.74, 6) is 0.366. The number of methoxy groups -OCH3 is 2. The number of fused-ring (bicyclic) bond motifs is 1. The molecule has 3 aromatic carbocycles. The van der Waals surface area contributed by atoms with Crippen molar-refractivity contribution in [2.45, 2.75) is 24.7 Å². The Morgan fingerprint density at radius 3 is 2.51 bits per heavy atom. The lowest BCUT2D eigenvalue weighted by Gasteiger charge is -2.26. The molecule has 1 N–H and O–H groups in total. The second kappa shape index (κ2) is 11.6. The van der Waals surface area contributed by atoms with Gasteiger partial charge in [0.05, 0.1) is 24.8 Å². The van der Waals surface area contributed by atoms with Crippen LogP contribution in [0.15, 0.2) is 71.6 Å². The highest BCUT2D eigenvalue weighted by Crippen LogP contribution is 2.35. The minimum Gasteiger partial charge on any atom is -0.497 e. The van der Waals surface area contributed by atoms with E-state index < -0.39 is 22.5 Å². The molecule has 0 unspecified atom stereocenters. The van der Waals surface area contributed by atoms with Crippen molar-refractivity contribution in [3.05, 3.63) is 77.9 Å². The van der Waals surface area contributed by atoms with Crippen molar-refractivity contribution in [1.82, 2.24) is 5.32 Å². The average Bonchev–Trinajstić information content (AvgIpc) is 3.32. The Labute approximate surface area is 218 Å². The Morgan fingerprint density at radius 2 is 1.78 bits per heavy atom. The van der Waals surface area contributed by atoms with Crippen molar-refractivity contribution in [2.24, 2.45) is 0 Å². The second-order valence-electron chi connectivity index (χ2n) is 8.93. The van der Waals surface area contributed by atoms with Crippen molar-refractivity contribution in [2.75, 3.05) is 49.6 Å². The molecule has 1 aliphatic heterocycles. The number of nitrogens with one attached hydrogen (secondary N) is 1. The van der Waals surface area contributed by atoms with E-state index >= 15 is 0 Å². The molecule has 8 nitrogen and oxygen atoms in total. The van der Waals surface area contributed by atoms with Crippen LogP contribution in [0.4, 0.5) is 11.4 Å². The quantitative estimate of drug-likeness (QED) is 0.385. The smallest absolute Gasteiger partial charge is 0.264 e. The first-order chi connectivity index (χ1) is 17.8. The number of ether oxygens (including phenoxy) is 2. The van der Waals surface area contributed by atoms with Gasteiger partial charge >= 0.3 is 0 Å². The van der Waals surface area contributed by atoms with Crippen molar-refractivity contribution < 1.29 is 22.7 Å². The van der Waals surface area contributed by atoms with E-state index in [9.17, 15) is 13.2 Å². The molecule has 9 heteroatoms. The third-order valence-corrected chi connectivity index (χ3v) is 8.24. The van der Waals surface area contributed by atoms with E-state index in [0.29, 0.717) is 18.0 Å². The zero-order valence-corrected chi connectivity index (χ0v) is 22.3. The van der Waals surface area contributed by atoms with Gasteiger partial charge in [0.25, 0.3) is 10.0 Å². The Hall–Kier alpha value is -3.72. The number of amides is 1. The minimum absolute atomic E-state index is 0.0865. The molecular formula is C28H33N3O5S. The van der Waals surface area contributed by atoms with Gasteiger partial charge in [-0.3, -0.25) is 9.10 Å². The van der Waals surface area contributed by atoms with Crippen molar-refractivity contribution >= 4 is 27.3 Å². The summed E-state index contributed by atoms with van der Waals surface area (Å²) in [5.41, 5.74) is 3.75. The van der Waals surface area contributed by atoms with Gasteiger partial charge < -0.3 is 19.7 Å². The van der Waals surface area contributed by atoms with Gasteiger partial charge in [0.1, 0.15) is 18.0 Å². The maximum absolute atomic E-state index is 13.7. The largest absolute Gasteiger partial charge is 0.497 e. The van der Waals surface area contributed by atoms with Gasteiger partial charge in [0, 0.05) is 31.4 Å². The number of sulfonamides is 1. The summed E-state index contributed by atoms with van der Waals surface area (Å²) in [6, 6.07) is 19.7. The van der Waals surface area contributed by atoms with E-state index in [2.05, 4.69) is 28.4 Å². The molecule has 0 saturated heterocycles. The first-order valence-corrected chi connectivity index (χ1v) is 13.7. The van der Waals surface area contributed by atoms with Crippen LogP contribution in [0.25, 0.3) is 0 Å². The van der Waals surface area contributed by atoms with Gasteiger partial charge in [-0.1, -0.05) is 35.9 Å². The molecule has 1 aliphatic rings. The van der Waals surface area contributed by atoms with E-state index in [1.165, 1.54) is 37.6 Å². The third-order valence-electron chi connectivity index (χ3n) is 6.46. The molecule has 0 aromatic heterocycles. The number of anilines is 2. The average molecular weight is 524 g/mol. The van der Waals surface area contributed by atoms with E-state index in [-0.39, 0.29) is 10.6 Å². The molecule has 0 radical (unpaired) electrons. The molecule has 0 spiro atoms. The fourth-order valence-corrected chi connectivity index (χ4v) is 5.88. The molecule has 0 aliphatic carbocycles. The zero-order chi connectivity index (χ0) is 26.4. The van der Waals surface area contributed by atoms with E-state index in [1.807, 2.05) is 13.0 Å². The molecule has 4 rings (SSSR count). The van der Waals surface area contributed by atoms with Crippen LogP contribution in [0.5, 0.6) is 11.5 Å². The van der Waals surface area contributed by atoms with E-state index in [4.69, 9.17) is 9.47 Å². The predicted molar refractivity (Wildman–Crippen MR) is 145 cm³/mol. The second-order valence-corrected chi connectivity index (χ2v) is 10.8. The molecule has 0 bridgehead atoms. The summed E-state index contributed by atoms with van der Waals surface area (Å²) in [6.07, 6.45) is 1.77. The van der Waals surface area contributed by atoms with Gasteiger partial charge in [-0.15, -0.1) is 0 Å². The standard InChI is InChI=1S/C28H33N3O5S/c1-21-9-12-24(13-10-21)37(33,34)31(26-19-23(35-2)11-14-27(26)36-3)20-28(32)29-16-6-17-30-18-15-22-7-4-5-8-25(22)30/h4-5,7-14,19H,6,15-18,20H2,1-3H3,(H,29,32). The van der Waals surface area contributed by atoms with Crippen molar-refractivity contribution in [1.29, 1.82) is 0 Å². The molecule has 196 valence electrons. The Balaban J connectivity index is 1.49. The van der Waals surface area contributed by atoms with Crippen LogP contribution in [0.3, 0.4) is 0 Å². The molecule has 0 saturated carbocycles. The Morgan fingerprint density at radius 1 is 1.03 bits per heavy atom. The van der Waals surface area contributed by atoms with Crippen molar-refractivity contribution in [3.8, 4) is 11.5 Å². The highest BCUT2D eigenvalue weighted by Gasteiger charge is 2.30. The third kappa shape index (κ3) is 5.99. The van der Waals surface area contributed by atoms with Crippen LogP contribution >= 0.6 is 0 Å². The van der Waals surface area contributed by atoms with Crippen LogP contribution < -0.4 is 24.0 Å². The minimum atomic E-state index is -4.07. The highest BCUT2D eigenvalue weighted by molar-refractivity contribution is 7.92. The number of para-hydroxylation sites is 1. The molecule has 0 fully saturated rings. The molecule has 37 heavy (non-hydrogen) atoms. The van der Waals surface area contributed by atoms with Gasteiger partial charge in [-0.05, 0) is 55.7 Å². The summed E-state index contributed by atoms with van der Waals surface area (Å²) in [5, 5.41) is 2.89. The number of rotatable bonds is 11. The first-order valence-electron chi connectivity index (χ1n) is 12.2. The number of nitrogens with zero attached hydrogens (tertiary/aromatic N) is 2. The van der Waals surface area contributed by atoms with Gasteiger partial charge in [0.15, 0.2) is 0 Å². The number of carbonyl (C=O) groups is 1. The number of hydrogen-bond donors (Lipinski definition) is 1. The topological polar surface area (TPSA) is 88.2 Å². The van der Waals surface area contributed by atoms with Crippen LogP contribution in [-0.2, 0) is 21.2 Å². The Bertz CT molecular complexity index is 1340. The summed E-state index contributed by atoms with van der Waals surface area (Å²) < 4.78 is 39.3. The van der Waals surface area contributed by atoms with Crippen LogP contribution in [0, 0.1) is 6.92 Å². The fraction of sp³-hybridized carbons (Fsp3) is 0.321. The van der Waals surface area contributed by atoms with Gasteiger partial charge in [-0.2, -0.15) is 0 Å². The highest BCUT2D eigenvalue weighted by atomic mass is 32.2. The van der Waals surface area contributed by atoms with Crippen molar-refractivity contribution in [3.63, 3.8) is 0 Å². The summed E-state index contributed by atoms with van der Waals surface area (Å²) >= 11 is 0. The lowest BCUT2D eigenvalue weighted by atomic mass is 10.2. The first kappa shape index (κ1) is 26.3. The molecule has 1 amide bonds. The predicted octanol–water partition coefficient (Wildman–Crippen LogP) is 3.78. The maximum Gasteiger partial charge on any atom is 0.264 e. The Kier molecular flexibility index (Phi) is 8.23. The molecular weight excluding hydrogens is 490 g/mol. The number of hydrogen-bond acceptors (Lipinski definition) is 6. The van der Waals surface area contributed by atoms with Crippen LogP contribution in [-0.4, -0.2) is 54.7 Å². The lowest BCUT2D eigenvalue weighted by molar-refractivity contribution is -0.119. The number of carbonyl (C=O) groups excluding carboxylic acids is 1. The summed E-state index contributed by atoms with van der Waals surface area (Å²) in [6.45, 7) is 3.70. The van der Waals surface area contributed by atoms with E-state index in [0.717, 1.165) is 35.8 Å². The molecule has 1 heterocycles.